The first kappa shape index (κ1) is 28.8. The second kappa shape index (κ2) is 12.3. The number of aromatic nitrogens is 6. The normalized spacial score (nSPS) is 13.1. The van der Waals surface area contributed by atoms with Crippen molar-refractivity contribution in [3.63, 3.8) is 0 Å². The molecule has 0 aliphatic rings. The third-order valence-corrected chi connectivity index (χ3v) is 8.11. The molecule has 0 bridgehead atoms. The number of ether oxygens (including phenoxy) is 4. The zero-order valence-corrected chi connectivity index (χ0v) is 23.4. The van der Waals surface area contributed by atoms with Crippen molar-refractivity contribution in [3.8, 4) is 34.6 Å². The highest BCUT2D eigenvalue weighted by Gasteiger charge is 2.35. The standard InChI is InChI=1S/C26H29FN6O6S/c1-6-39-22-12-7-9-18(30-22)26-32-31-21(33(26)23-19(36-3)10-8-11-20(23)37-4)15-40(34,35)16(2)24(38-5)25-28-13-17(27)14-29-25/h7-14,16,24H,6,15H2,1-5H3/t16-,24-/m0/s1. The monoisotopic (exact) mass is 572 g/mol. The average Bonchev–Trinajstić information content (AvgIpc) is 3.36. The lowest BCUT2D eigenvalue weighted by atomic mass is 10.2. The number of methoxy groups -OCH3 is 3. The number of para-hydroxylation sites is 1. The summed E-state index contributed by atoms with van der Waals surface area (Å²) in [5.41, 5.74) is 0.775. The summed E-state index contributed by atoms with van der Waals surface area (Å²) in [5, 5.41) is 7.44. The second-order valence-electron chi connectivity index (χ2n) is 8.51. The zero-order valence-electron chi connectivity index (χ0n) is 22.6. The van der Waals surface area contributed by atoms with Crippen LogP contribution in [0.15, 0.2) is 48.8 Å². The van der Waals surface area contributed by atoms with Crippen LogP contribution in [0.1, 0.15) is 31.6 Å². The molecule has 0 saturated heterocycles. The van der Waals surface area contributed by atoms with Crippen molar-refractivity contribution in [1.29, 1.82) is 0 Å². The zero-order chi connectivity index (χ0) is 28.9. The van der Waals surface area contributed by atoms with Crippen molar-refractivity contribution in [2.45, 2.75) is 31.0 Å². The maximum Gasteiger partial charge on any atom is 0.213 e. The number of hydrogen-bond donors (Lipinski definition) is 0. The van der Waals surface area contributed by atoms with Gasteiger partial charge in [0.25, 0.3) is 0 Å². The molecule has 40 heavy (non-hydrogen) atoms. The van der Waals surface area contributed by atoms with Gasteiger partial charge in [-0.25, -0.2) is 27.8 Å². The molecule has 4 aromatic rings. The smallest absolute Gasteiger partial charge is 0.213 e. The van der Waals surface area contributed by atoms with Crippen LogP contribution in [0.25, 0.3) is 17.2 Å². The molecule has 3 heterocycles. The van der Waals surface area contributed by atoms with E-state index >= 15 is 0 Å². The Kier molecular flexibility index (Phi) is 8.90. The van der Waals surface area contributed by atoms with Crippen LogP contribution in [0, 0.1) is 5.82 Å². The van der Waals surface area contributed by atoms with Crippen LogP contribution >= 0.6 is 0 Å². The molecule has 0 unspecified atom stereocenters. The quantitative estimate of drug-likeness (QED) is 0.247. The molecule has 0 radical (unpaired) electrons. The Balaban J connectivity index is 1.85. The van der Waals surface area contributed by atoms with E-state index in [-0.39, 0.29) is 17.5 Å². The summed E-state index contributed by atoms with van der Waals surface area (Å²) in [6.07, 6.45) is 0.841. The summed E-state index contributed by atoms with van der Waals surface area (Å²) in [6.45, 7) is 3.71. The van der Waals surface area contributed by atoms with Crippen molar-refractivity contribution in [1.82, 2.24) is 29.7 Å². The fourth-order valence-electron chi connectivity index (χ4n) is 4.11. The van der Waals surface area contributed by atoms with Crippen LogP contribution in [0.4, 0.5) is 4.39 Å². The lowest BCUT2D eigenvalue weighted by Crippen LogP contribution is -2.30. The molecule has 3 aromatic heterocycles. The predicted octanol–water partition coefficient (Wildman–Crippen LogP) is 3.37. The summed E-state index contributed by atoms with van der Waals surface area (Å²) >= 11 is 0. The van der Waals surface area contributed by atoms with Gasteiger partial charge in [0.15, 0.2) is 33.1 Å². The number of rotatable bonds is 12. The van der Waals surface area contributed by atoms with Gasteiger partial charge < -0.3 is 18.9 Å². The van der Waals surface area contributed by atoms with Crippen molar-refractivity contribution in [2.75, 3.05) is 27.9 Å². The van der Waals surface area contributed by atoms with Crippen molar-refractivity contribution in [3.05, 3.63) is 66.3 Å². The maximum absolute atomic E-state index is 13.7. The number of sulfone groups is 1. The van der Waals surface area contributed by atoms with E-state index in [1.54, 1.807) is 36.4 Å². The average molecular weight is 573 g/mol. The molecule has 0 amide bonds. The molecule has 0 fully saturated rings. The summed E-state index contributed by atoms with van der Waals surface area (Å²) in [6, 6.07) is 10.3. The number of benzene rings is 1. The maximum atomic E-state index is 13.7. The minimum atomic E-state index is -3.99. The lowest BCUT2D eigenvalue weighted by molar-refractivity contribution is 0.0946. The molecule has 1 aromatic carbocycles. The van der Waals surface area contributed by atoms with Crippen molar-refractivity contribution in [2.24, 2.45) is 0 Å². The summed E-state index contributed by atoms with van der Waals surface area (Å²) in [5.74, 6) is 0.300. The van der Waals surface area contributed by atoms with Gasteiger partial charge in [-0.2, -0.15) is 0 Å². The van der Waals surface area contributed by atoms with Crippen molar-refractivity contribution >= 4 is 9.84 Å². The number of pyridine rings is 1. The number of nitrogens with zero attached hydrogens (tertiary/aromatic N) is 6. The highest BCUT2D eigenvalue weighted by Crippen LogP contribution is 2.37. The molecule has 4 rings (SSSR count). The van der Waals surface area contributed by atoms with Crippen LogP contribution in [0.5, 0.6) is 17.4 Å². The van der Waals surface area contributed by atoms with Gasteiger partial charge in [-0.1, -0.05) is 12.1 Å². The van der Waals surface area contributed by atoms with Gasteiger partial charge in [-0.3, -0.25) is 4.57 Å². The Hall–Kier alpha value is -4.17. The molecule has 2 atom stereocenters. The third kappa shape index (κ3) is 5.87. The summed E-state index contributed by atoms with van der Waals surface area (Å²) in [4.78, 5) is 12.3. The number of halogens is 1. The topological polar surface area (TPSA) is 140 Å². The molecule has 0 spiro atoms. The van der Waals surface area contributed by atoms with Gasteiger partial charge in [-0.05, 0) is 32.0 Å². The van der Waals surface area contributed by atoms with Gasteiger partial charge in [0.1, 0.15) is 34.7 Å². The third-order valence-electron chi connectivity index (χ3n) is 6.07. The van der Waals surface area contributed by atoms with E-state index in [1.807, 2.05) is 6.92 Å². The second-order valence-corrected chi connectivity index (χ2v) is 10.9. The highest BCUT2D eigenvalue weighted by molar-refractivity contribution is 7.91. The SMILES string of the molecule is CCOc1cccc(-c2nnc(CS(=O)(=O)[C@@H](C)[C@H](OC)c3ncc(F)cn3)n2-c2c(OC)cccc2OC)n1. The van der Waals surface area contributed by atoms with E-state index in [0.29, 0.717) is 35.4 Å². The van der Waals surface area contributed by atoms with Gasteiger partial charge in [0.05, 0.1) is 38.5 Å². The molecule has 0 aliphatic heterocycles. The van der Waals surface area contributed by atoms with Crippen LogP contribution in [0.3, 0.4) is 0 Å². The van der Waals surface area contributed by atoms with E-state index in [1.165, 1.54) is 32.8 Å². The van der Waals surface area contributed by atoms with Crippen LogP contribution in [0.2, 0.25) is 0 Å². The Morgan fingerprint density at radius 3 is 2.23 bits per heavy atom. The van der Waals surface area contributed by atoms with E-state index in [0.717, 1.165) is 12.4 Å². The van der Waals surface area contributed by atoms with E-state index in [4.69, 9.17) is 18.9 Å². The van der Waals surface area contributed by atoms with Gasteiger partial charge in [-0.15, -0.1) is 10.2 Å². The van der Waals surface area contributed by atoms with E-state index in [2.05, 4.69) is 25.1 Å². The number of hydrogen-bond acceptors (Lipinski definition) is 11. The predicted molar refractivity (Wildman–Crippen MR) is 143 cm³/mol. The molecule has 12 nitrogen and oxygen atoms in total. The van der Waals surface area contributed by atoms with Gasteiger partial charge in [0, 0.05) is 13.2 Å². The molecule has 0 N–H and O–H groups in total. The molecule has 14 heteroatoms. The Labute approximate surface area is 231 Å². The van der Waals surface area contributed by atoms with Crippen LogP contribution < -0.4 is 14.2 Å². The first-order chi connectivity index (χ1) is 19.2. The van der Waals surface area contributed by atoms with Gasteiger partial charge >= 0.3 is 0 Å². The molecular formula is C26H29FN6O6S. The Morgan fingerprint density at radius 1 is 0.975 bits per heavy atom. The van der Waals surface area contributed by atoms with Gasteiger partial charge in [0.2, 0.25) is 5.88 Å². The first-order valence-electron chi connectivity index (χ1n) is 12.2. The minimum Gasteiger partial charge on any atom is -0.494 e. The fourth-order valence-corrected chi connectivity index (χ4v) is 5.53. The molecule has 0 saturated carbocycles. The largest absolute Gasteiger partial charge is 0.494 e. The molecule has 212 valence electrons. The highest BCUT2D eigenvalue weighted by atomic mass is 32.2. The Morgan fingerprint density at radius 2 is 1.62 bits per heavy atom. The first-order valence-corrected chi connectivity index (χ1v) is 13.9. The summed E-state index contributed by atoms with van der Waals surface area (Å²) in [7, 11) is 0.321. The minimum absolute atomic E-state index is 0.0328. The van der Waals surface area contributed by atoms with Crippen LogP contribution in [-0.4, -0.2) is 71.3 Å². The fraction of sp³-hybridized carbons (Fsp3) is 0.346. The molecule has 0 aliphatic carbocycles. The summed E-state index contributed by atoms with van der Waals surface area (Å²) < 4.78 is 64.6. The van der Waals surface area contributed by atoms with Crippen molar-refractivity contribution < 1.29 is 31.8 Å². The molecular weight excluding hydrogens is 543 g/mol. The lowest BCUT2D eigenvalue weighted by Gasteiger charge is -2.22. The van der Waals surface area contributed by atoms with E-state index < -0.39 is 32.8 Å². The Bertz CT molecular complexity index is 1540. The van der Waals surface area contributed by atoms with E-state index in [9.17, 15) is 12.8 Å². The van der Waals surface area contributed by atoms with Crippen LogP contribution in [-0.2, 0) is 20.3 Å².